The van der Waals surface area contributed by atoms with Gasteiger partial charge in [0.1, 0.15) is 0 Å². The average molecular weight is 314 g/mol. The molecule has 1 amide bonds. The van der Waals surface area contributed by atoms with Crippen molar-refractivity contribution in [1.82, 2.24) is 16.0 Å². The maximum Gasteiger partial charge on any atom is 0.227 e. The molecule has 0 aliphatic rings. The van der Waals surface area contributed by atoms with Crippen molar-refractivity contribution in [3.8, 4) is 0 Å². The number of hydrogen-bond donors (Lipinski definition) is 3. The third-order valence-corrected chi connectivity index (χ3v) is 3.22. The number of nitrogens with zero attached hydrogens (tertiary/aromatic N) is 1. The molecule has 0 aliphatic carbocycles. The molecule has 22 heavy (non-hydrogen) atoms. The van der Waals surface area contributed by atoms with Crippen LogP contribution in [-0.4, -0.2) is 51.8 Å². The Morgan fingerprint density at radius 1 is 1.14 bits per heavy atom. The third-order valence-electron chi connectivity index (χ3n) is 3.22. The van der Waals surface area contributed by atoms with Crippen molar-refractivity contribution < 1.29 is 9.53 Å². The second-order valence-corrected chi connectivity index (χ2v) is 5.90. The van der Waals surface area contributed by atoms with Crippen molar-refractivity contribution in [3.05, 3.63) is 0 Å². The number of rotatable bonds is 11. The fraction of sp³-hybridized carbons (Fsp3) is 0.875. The molecule has 3 N–H and O–H groups in total. The van der Waals surface area contributed by atoms with Crippen LogP contribution in [0, 0.1) is 5.41 Å². The standard InChI is InChI=1S/C16H34N4O2/c1-6-8-11-22-12-9-10-19-15(18-7-2)20-13-16(3,4)14(21)17-5/h6-13H2,1-5H3,(H,17,21)(H2,18,19,20). The van der Waals surface area contributed by atoms with E-state index in [0.29, 0.717) is 6.54 Å². The first-order valence-electron chi connectivity index (χ1n) is 8.30. The van der Waals surface area contributed by atoms with Gasteiger partial charge in [0.15, 0.2) is 5.96 Å². The van der Waals surface area contributed by atoms with E-state index in [4.69, 9.17) is 4.74 Å². The minimum Gasteiger partial charge on any atom is -0.381 e. The summed E-state index contributed by atoms with van der Waals surface area (Å²) in [5.41, 5.74) is -0.514. The Kier molecular flexibility index (Phi) is 11.5. The molecule has 0 saturated carbocycles. The minimum absolute atomic E-state index is 0.00331. The van der Waals surface area contributed by atoms with Crippen LogP contribution in [0.25, 0.3) is 0 Å². The van der Waals surface area contributed by atoms with E-state index in [1.165, 1.54) is 0 Å². The summed E-state index contributed by atoms with van der Waals surface area (Å²) >= 11 is 0. The van der Waals surface area contributed by atoms with Gasteiger partial charge in [-0.15, -0.1) is 0 Å². The molecule has 0 atom stereocenters. The lowest BCUT2D eigenvalue weighted by atomic mass is 9.93. The van der Waals surface area contributed by atoms with Crippen molar-refractivity contribution in [2.75, 3.05) is 39.9 Å². The highest BCUT2D eigenvalue weighted by Crippen LogP contribution is 2.15. The molecule has 130 valence electrons. The van der Waals surface area contributed by atoms with Crippen LogP contribution in [0.1, 0.15) is 47.0 Å². The van der Waals surface area contributed by atoms with Crippen LogP contribution in [0.4, 0.5) is 0 Å². The van der Waals surface area contributed by atoms with E-state index in [1.807, 2.05) is 20.8 Å². The number of carbonyl (C=O) groups is 1. The van der Waals surface area contributed by atoms with E-state index in [2.05, 4.69) is 27.9 Å². The van der Waals surface area contributed by atoms with E-state index in [1.54, 1.807) is 7.05 Å². The van der Waals surface area contributed by atoms with Gasteiger partial charge in [0, 0.05) is 33.4 Å². The van der Waals surface area contributed by atoms with Crippen LogP contribution < -0.4 is 16.0 Å². The van der Waals surface area contributed by atoms with Crippen molar-refractivity contribution in [1.29, 1.82) is 0 Å². The molecule has 0 bridgehead atoms. The molecule has 0 heterocycles. The summed E-state index contributed by atoms with van der Waals surface area (Å²) in [5, 5.41) is 9.13. The first kappa shape index (κ1) is 20.7. The van der Waals surface area contributed by atoms with Gasteiger partial charge in [0.05, 0.1) is 12.0 Å². The Hall–Kier alpha value is -1.30. The maximum absolute atomic E-state index is 11.8. The van der Waals surface area contributed by atoms with Gasteiger partial charge in [-0.25, -0.2) is 0 Å². The molecule has 0 rings (SSSR count). The largest absolute Gasteiger partial charge is 0.381 e. The van der Waals surface area contributed by atoms with E-state index < -0.39 is 5.41 Å². The van der Waals surface area contributed by atoms with E-state index in [9.17, 15) is 4.79 Å². The van der Waals surface area contributed by atoms with Crippen LogP contribution in [0.2, 0.25) is 0 Å². The first-order valence-corrected chi connectivity index (χ1v) is 8.30. The number of guanidine groups is 1. The third kappa shape index (κ3) is 9.60. The Labute approximate surface area is 135 Å². The van der Waals surface area contributed by atoms with Crippen LogP contribution in [0.15, 0.2) is 4.99 Å². The lowest BCUT2D eigenvalue weighted by Crippen LogP contribution is -2.41. The highest BCUT2D eigenvalue weighted by atomic mass is 16.5. The molecule has 6 heteroatoms. The van der Waals surface area contributed by atoms with E-state index >= 15 is 0 Å². The molecule has 0 fully saturated rings. The molecular weight excluding hydrogens is 280 g/mol. The highest BCUT2D eigenvalue weighted by Gasteiger charge is 2.26. The summed E-state index contributed by atoms with van der Waals surface area (Å²) in [6.45, 7) is 11.6. The minimum atomic E-state index is -0.514. The number of amides is 1. The summed E-state index contributed by atoms with van der Waals surface area (Å²) in [7, 11) is 1.65. The second kappa shape index (κ2) is 12.3. The van der Waals surface area contributed by atoms with Crippen LogP contribution in [0.5, 0.6) is 0 Å². The predicted molar refractivity (Wildman–Crippen MR) is 92.2 cm³/mol. The zero-order chi connectivity index (χ0) is 16.8. The van der Waals surface area contributed by atoms with Gasteiger partial charge in [0.25, 0.3) is 0 Å². The SMILES string of the molecule is CCCCOCCCNC(=NCC(C)(C)C(=O)NC)NCC. The van der Waals surface area contributed by atoms with Crippen LogP contribution in [-0.2, 0) is 9.53 Å². The van der Waals surface area contributed by atoms with Gasteiger partial charge >= 0.3 is 0 Å². The van der Waals surface area contributed by atoms with Crippen molar-refractivity contribution >= 4 is 11.9 Å². The summed E-state index contributed by atoms with van der Waals surface area (Å²) < 4.78 is 5.52. The Balaban J connectivity index is 4.13. The van der Waals surface area contributed by atoms with Crippen molar-refractivity contribution in [3.63, 3.8) is 0 Å². The Morgan fingerprint density at radius 3 is 2.41 bits per heavy atom. The molecule has 0 radical (unpaired) electrons. The van der Waals surface area contributed by atoms with E-state index in [0.717, 1.165) is 51.5 Å². The monoisotopic (exact) mass is 314 g/mol. The van der Waals surface area contributed by atoms with E-state index in [-0.39, 0.29) is 5.91 Å². The summed E-state index contributed by atoms with van der Waals surface area (Å²) in [6.07, 6.45) is 3.22. The van der Waals surface area contributed by atoms with Crippen LogP contribution in [0.3, 0.4) is 0 Å². The number of unbranched alkanes of at least 4 members (excludes halogenated alkanes) is 1. The molecule has 6 nitrogen and oxygen atoms in total. The summed E-state index contributed by atoms with van der Waals surface area (Å²) in [5.74, 6) is 0.740. The predicted octanol–water partition coefficient (Wildman–Crippen LogP) is 1.52. The van der Waals surface area contributed by atoms with Crippen molar-refractivity contribution in [2.45, 2.75) is 47.0 Å². The van der Waals surface area contributed by atoms with Gasteiger partial charge in [0.2, 0.25) is 5.91 Å². The van der Waals surface area contributed by atoms with Crippen LogP contribution >= 0.6 is 0 Å². The molecule has 0 aliphatic heterocycles. The van der Waals surface area contributed by atoms with Gasteiger partial charge in [-0.2, -0.15) is 0 Å². The Bertz CT molecular complexity index is 330. The van der Waals surface area contributed by atoms with Gasteiger partial charge in [-0.3, -0.25) is 9.79 Å². The lowest BCUT2D eigenvalue weighted by molar-refractivity contribution is -0.128. The molecule has 0 saturated heterocycles. The zero-order valence-corrected chi connectivity index (χ0v) is 14.9. The molecule has 0 spiro atoms. The number of nitrogens with one attached hydrogen (secondary N) is 3. The summed E-state index contributed by atoms with van der Waals surface area (Å²) in [6, 6.07) is 0. The summed E-state index contributed by atoms with van der Waals surface area (Å²) in [4.78, 5) is 16.2. The van der Waals surface area contributed by atoms with Gasteiger partial charge < -0.3 is 20.7 Å². The highest BCUT2D eigenvalue weighted by molar-refractivity contribution is 5.83. The number of aliphatic imine (C=N–C) groups is 1. The van der Waals surface area contributed by atoms with Crippen molar-refractivity contribution in [2.24, 2.45) is 10.4 Å². The van der Waals surface area contributed by atoms with Gasteiger partial charge in [-0.05, 0) is 33.6 Å². The fourth-order valence-corrected chi connectivity index (χ4v) is 1.76. The molecule has 0 unspecified atom stereocenters. The topological polar surface area (TPSA) is 74.8 Å². The lowest BCUT2D eigenvalue weighted by Gasteiger charge is -2.21. The quantitative estimate of drug-likeness (QED) is 0.307. The first-order chi connectivity index (χ1) is 10.5. The normalized spacial score (nSPS) is 12.1. The smallest absolute Gasteiger partial charge is 0.227 e. The van der Waals surface area contributed by atoms with Gasteiger partial charge in [-0.1, -0.05) is 13.3 Å². The Morgan fingerprint density at radius 2 is 1.82 bits per heavy atom. The number of ether oxygens (including phenoxy) is 1. The maximum atomic E-state index is 11.8. The number of hydrogen-bond acceptors (Lipinski definition) is 3. The molecule has 0 aromatic rings. The second-order valence-electron chi connectivity index (χ2n) is 5.90. The number of carbonyl (C=O) groups excluding carboxylic acids is 1. The fourth-order valence-electron chi connectivity index (χ4n) is 1.76. The molecule has 0 aromatic carbocycles. The molecular formula is C16H34N4O2. The zero-order valence-electron chi connectivity index (χ0n) is 14.9. The average Bonchev–Trinajstić information content (AvgIpc) is 2.50. The molecule has 0 aromatic heterocycles.